The van der Waals surface area contributed by atoms with Crippen LogP contribution in [0.1, 0.15) is 27.2 Å². The second kappa shape index (κ2) is 5.37. The maximum Gasteiger partial charge on any atom is 0.202 e. The van der Waals surface area contributed by atoms with Gasteiger partial charge in [0, 0.05) is 5.69 Å². The number of hydrogen-bond acceptors (Lipinski definition) is 4. The first-order valence-corrected chi connectivity index (χ1v) is 7.46. The number of fused-ring (bicyclic) bond motifs is 1. The molecule has 0 aliphatic carbocycles. The minimum absolute atomic E-state index is 0.0656. The number of pyridine rings is 1. The van der Waals surface area contributed by atoms with E-state index >= 15 is 0 Å². The van der Waals surface area contributed by atoms with Crippen LogP contribution in [0.2, 0.25) is 0 Å². The Labute approximate surface area is 128 Å². The summed E-state index contributed by atoms with van der Waals surface area (Å²) in [6.45, 7) is 3.91. The van der Waals surface area contributed by atoms with Crippen LogP contribution in [0, 0.1) is 13.8 Å². The SMILES string of the molecule is COc1ccc(C=C2Sc3nc(C)cc(C)c3C2=O)cc1. The standard InChI is InChI=1S/C17H15NO2S/c1-10-8-11(2)18-17-15(10)16(19)14(21-17)9-12-4-6-13(20-3)7-5-12/h4-9H,1-3H3. The Hall–Kier alpha value is -2.07. The Morgan fingerprint density at radius 3 is 2.57 bits per heavy atom. The molecule has 0 bridgehead atoms. The summed E-state index contributed by atoms with van der Waals surface area (Å²) < 4.78 is 5.14. The molecule has 2 heterocycles. The third-order valence-corrected chi connectivity index (χ3v) is 4.39. The molecule has 0 unspecified atom stereocenters. The number of aromatic nitrogens is 1. The predicted molar refractivity (Wildman–Crippen MR) is 84.9 cm³/mol. The van der Waals surface area contributed by atoms with Crippen molar-refractivity contribution in [1.82, 2.24) is 4.98 Å². The zero-order valence-corrected chi connectivity index (χ0v) is 13.0. The lowest BCUT2D eigenvalue weighted by Crippen LogP contribution is -1.99. The molecule has 2 aromatic rings. The second-order valence-corrected chi connectivity index (χ2v) is 6.00. The Kier molecular flexibility index (Phi) is 3.55. The van der Waals surface area contributed by atoms with Gasteiger partial charge in [0.1, 0.15) is 10.8 Å². The van der Waals surface area contributed by atoms with E-state index in [0.29, 0.717) is 0 Å². The smallest absolute Gasteiger partial charge is 0.202 e. The van der Waals surface area contributed by atoms with E-state index in [9.17, 15) is 4.79 Å². The first kappa shape index (κ1) is 13.9. The number of rotatable bonds is 2. The summed E-state index contributed by atoms with van der Waals surface area (Å²) in [6, 6.07) is 9.60. The topological polar surface area (TPSA) is 39.2 Å². The molecule has 0 saturated carbocycles. The van der Waals surface area contributed by atoms with Gasteiger partial charge in [0.15, 0.2) is 0 Å². The number of aryl methyl sites for hydroxylation is 2. The number of carbonyl (C=O) groups excluding carboxylic acids is 1. The highest BCUT2D eigenvalue weighted by Gasteiger charge is 2.29. The third kappa shape index (κ3) is 2.59. The molecule has 21 heavy (non-hydrogen) atoms. The zero-order chi connectivity index (χ0) is 15.0. The first-order valence-electron chi connectivity index (χ1n) is 6.65. The molecule has 0 radical (unpaired) electrons. The van der Waals surface area contributed by atoms with Crippen molar-refractivity contribution in [2.24, 2.45) is 0 Å². The highest BCUT2D eigenvalue weighted by atomic mass is 32.2. The molecule has 0 saturated heterocycles. The van der Waals surface area contributed by atoms with Crippen LogP contribution < -0.4 is 4.74 Å². The maximum atomic E-state index is 12.5. The number of ether oxygens (including phenoxy) is 1. The average molecular weight is 297 g/mol. The van der Waals surface area contributed by atoms with Gasteiger partial charge in [-0.2, -0.15) is 0 Å². The van der Waals surface area contributed by atoms with Gasteiger partial charge in [-0.1, -0.05) is 23.9 Å². The number of benzene rings is 1. The fourth-order valence-corrected chi connectivity index (χ4v) is 3.52. The molecule has 3 nitrogen and oxygen atoms in total. The quantitative estimate of drug-likeness (QED) is 0.784. The van der Waals surface area contributed by atoms with E-state index in [1.165, 1.54) is 11.8 Å². The lowest BCUT2D eigenvalue weighted by Gasteiger charge is -2.01. The highest BCUT2D eigenvalue weighted by Crippen LogP contribution is 2.41. The summed E-state index contributed by atoms with van der Waals surface area (Å²) in [5, 5.41) is 0.817. The summed E-state index contributed by atoms with van der Waals surface area (Å²) in [6.07, 6.45) is 1.91. The Balaban J connectivity index is 1.96. The monoisotopic (exact) mass is 297 g/mol. The third-order valence-electron chi connectivity index (χ3n) is 3.38. The van der Waals surface area contributed by atoms with E-state index in [-0.39, 0.29) is 5.78 Å². The van der Waals surface area contributed by atoms with Crippen molar-refractivity contribution in [3.05, 3.63) is 57.6 Å². The summed E-state index contributed by atoms with van der Waals surface area (Å²) in [4.78, 5) is 17.7. The molecule has 1 aromatic heterocycles. The van der Waals surface area contributed by atoms with Crippen LogP contribution in [0.15, 0.2) is 40.3 Å². The van der Waals surface area contributed by atoms with Crippen molar-refractivity contribution in [1.29, 1.82) is 0 Å². The van der Waals surface area contributed by atoms with Gasteiger partial charge in [-0.3, -0.25) is 4.79 Å². The van der Waals surface area contributed by atoms with Crippen molar-refractivity contribution in [2.45, 2.75) is 18.9 Å². The van der Waals surface area contributed by atoms with Gasteiger partial charge in [-0.05, 0) is 49.2 Å². The number of hydrogen-bond donors (Lipinski definition) is 0. The molecular weight excluding hydrogens is 282 g/mol. The molecule has 0 spiro atoms. The molecule has 4 heteroatoms. The fourth-order valence-electron chi connectivity index (χ4n) is 2.37. The van der Waals surface area contributed by atoms with Gasteiger partial charge in [-0.25, -0.2) is 4.98 Å². The Bertz CT molecular complexity index is 748. The number of Topliss-reactive ketones (excluding diaryl/α,β-unsaturated/α-hetero) is 1. The summed E-state index contributed by atoms with van der Waals surface area (Å²) >= 11 is 1.45. The number of methoxy groups -OCH3 is 1. The predicted octanol–water partition coefficient (Wildman–Crippen LogP) is 4.04. The minimum Gasteiger partial charge on any atom is -0.497 e. The van der Waals surface area contributed by atoms with Gasteiger partial charge in [0.25, 0.3) is 0 Å². The van der Waals surface area contributed by atoms with Crippen LogP contribution >= 0.6 is 11.8 Å². The molecule has 1 aliphatic rings. The van der Waals surface area contributed by atoms with E-state index in [2.05, 4.69) is 4.98 Å². The normalized spacial score (nSPS) is 15.4. The molecule has 0 N–H and O–H groups in total. The molecular formula is C17H15NO2S. The number of carbonyl (C=O) groups is 1. The molecule has 0 fully saturated rings. The van der Waals surface area contributed by atoms with Crippen LogP contribution in [0.5, 0.6) is 5.75 Å². The highest BCUT2D eigenvalue weighted by molar-refractivity contribution is 8.04. The average Bonchev–Trinajstić information content (AvgIpc) is 2.76. The van der Waals surface area contributed by atoms with Crippen LogP contribution in [-0.4, -0.2) is 17.9 Å². The van der Waals surface area contributed by atoms with Gasteiger partial charge >= 0.3 is 0 Å². The largest absolute Gasteiger partial charge is 0.497 e. The van der Waals surface area contributed by atoms with Crippen molar-refractivity contribution < 1.29 is 9.53 Å². The van der Waals surface area contributed by atoms with E-state index in [4.69, 9.17) is 4.74 Å². The van der Waals surface area contributed by atoms with Crippen LogP contribution in [0.4, 0.5) is 0 Å². The van der Waals surface area contributed by atoms with Gasteiger partial charge in [0.05, 0.1) is 17.6 Å². The van der Waals surface area contributed by atoms with E-state index in [0.717, 1.165) is 38.1 Å². The van der Waals surface area contributed by atoms with Crippen LogP contribution in [0.25, 0.3) is 6.08 Å². The zero-order valence-electron chi connectivity index (χ0n) is 12.1. The van der Waals surface area contributed by atoms with Gasteiger partial charge < -0.3 is 4.74 Å². The Morgan fingerprint density at radius 2 is 1.90 bits per heavy atom. The maximum absolute atomic E-state index is 12.5. The van der Waals surface area contributed by atoms with Crippen molar-refractivity contribution in [3.8, 4) is 5.75 Å². The first-order chi connectivity index (χ1) is 10.1. The van der Waals surface area contributed by atoms with Crippen molar-refractivity contribution in [2.75, 3.05) is 7.11 Å². The summed E-state index contributed by atoms with van der Waals surface area (Å²) in [5.41, 5.74) is 3.66. The van der Waals surface area contributed by atoms with Crippen LogP contribution in [-0.2, 0) is 0 Å². The molecule has 1 aliphatic heterocycles. The van der Waals surface area contributed by atoms with Crippen molar-refractivity contribution in [3.63, 3.8) is 0 Å². The summed E-state index contributed by atoms with van der Waals surface area (Å²) in [5.74, 6) is 0.870. The van der Waals surface area contributed by atoms with Gasteiger partial charge in [-0.15, -0.1) is 0 Å². The van der Waals surface area contributed by atoms with E-state index < -0.39 is 0 Å². The molecule has 0 atom stereocenters. The summed E-state index contributed by atoms with van der Waals surface area (Å²) in [7, 11) is 1.64. The fraction of sp³-hybridized carbons (Fsp3) is 0.176. The molecule has 3 rings (SSSR count). The number of thioether (sulfide) groups is 1. The van der Waals surface area contributed by atoms with Crippen molar-refractivity contribution >= 4 is 23.6 Å². The van der Waals surface area contributed by atoms with Crippen LogP contribution in [0.3, 0.4) is 0 Å². The van der Waals surface area contributed by atoms with Gasteiger partial charge in [0.2, 0.25) is 5.78 Å². The van der Waals surface area contributed by atoms with E-state index in [1.54, 1.807) is 7.11 Å². The van der Waals surface area contributed by atoms with E-state index in [1.807, 2.05) is 50.3 Å². The number of nitrogens with zero attached hydrogens (tertiary/aromatic N) is 1. The number of ketones is 1. The second-order valence-electron chi connectivity index (χ2n) is 4.97. The molecule has 106 valence electrons. The molecule has 1 aromatic carbocycles. The lowest BCUT2D eigenvalue weighted by molar-refractivity contribution is 0.104. The minimum atomic E-state index is 0.0656. The molecule has 0 amide bonds. The number of allylic oxidation sites excluding steroid dienone is 1. The lowest BCUT2D eigenvalue weighted by atomic mass is 10.1. The Morgan fingerprint density at radius 1 is 1.19 bits per heavy atom.